The van der Waals surface area contributed by atoms with E-state index in [-0.39, 0.29) is 30.0 Å². The van der Waals surface area contributed by atoms with Crippen molar-refractivity contribution in [1.82, 2.24) is 14.6 Å². The first-order chi connectivity index (χ1) is 16.3. The van der Waals surface area contributed by atoms with E-state index in [1.54, 1.807) is 0 Å². The largest absolute Gasteiger partial charge is 0.496 e. The van der Waals surface area contributed by atoms with Crippen molar-refractivity contribution in [2.45, 2.75) is 24.3 Å². The third kappa shape index (κ3) is 5.43. The maximum Gasteiger partial charge on any atom is 0.290 e. The predicted molar refractivity (Wildman–Crippen MR) is 122 cm³/mol. The van der Waals surface area contributed by atoms with Gasteiger partial charge in [-0.3, -0.25) is 9.59 Å². The molecule has 1 aliphatic heterocycles. The van der Waals surface area contributed by atoms with E-state index in [2.05, 4.69) is 10.3 Å². The number of benzene rings is 2. The second-order valence-electron chi connectivity index (χ2n) is 7.28. The number of carbonyl (C=O) groups is 2. The van der Waals surface area contributed by atoms with E-state index in [1.165, 1.54) is 36.7 Å². The number of fused-ring (bicyclic) bond motifs is 1. The summed E-state index contributed by atoms with van der Waals surface area (Å²) in [6.45, 7) is 0.147. The minimum atomic E-state index is -3.83. The lowest BCUT2D eigenvalue weighted by Crippen LogP contribution is -2.36. The summed E-state index contributed by atoms with van der Waals surface area (Å²) in [6.07, 6.45) is 0.989. The van der Waals surface area contributed by atoms with Gasteiger partial charge in [-0.05, 0) is 23.8 Å². The van der Waals surface area contributed by atoms with Crippen LogP contribution in [0.15, 0.2) is 57.8 Å². The Hall–Kier alpha value is -3.70. The number of rotatable bonds is 6. The molecular weight excluding hydrogens is 462 g/mol. The molecule has 0 atom stereocenters. The molecule has 0 spiro atoms. The summed E-state index contributed by atoms with van der Waals surface area (Å²) in [7, 11) is -0.918. The molecule has 4 rings (SSSR count). The quantitative estimate of drug-likeness (QED) is 0.504. The van der Waals surface area contributed by atoms with Crippen molar-refractivity contribution in [3.63, 3.8) is 0 Å². The van der Waals surface area contributed by atoms with Crippen LogP contribution in [0.2, 0.25) is 0 Å². The SMILES string of the molecule is CNC(=O)c1cc(S(=O)(=O)N2CCc3oc(Cc4ccccc4)nc3C2)ccc1OC.O=CO. The van der Waals surface area contributed by atoms with Gasteiger partial charge in [-0.2, -0.15) is 4.31 Å². The van der Waals surface area contributed by atoms with Gasteiger partial charge in [0.25, 0.3) is 12.4 Å². The minimum Gasteiger partial charge on any atom is -0.496 e. The number of amides is 1. The van der Waals surface area contributed by atoms with Crippen LogP contribution in [-0.2, 0) is 34.2 Å². The molecule has 1 aromatic heterocycles. The van der Waals surface area contributed by atoms with E-state index < -0.39 is 15.9 Å². The molecule has 0 saturated heterocycles. The lowest BCUT2D eigenvalue weighted by atomic mass is 10.1. The van der Waals surface area contributed by atoms with E-state index in [1.807, 2.05) is 30.3 Å². The maximum absolute atomic E-state index is 13.3. The van der Waals surface area contributed by atoms with Gasteiger partial charge in [-0.15, -0.1) is 0 Å². The molecule has 0 unspecified atom stereocenters. The third-order valence-corrected chi connectivity index (χ3v) is 7.06. The van der Waals surface area contributed by atoms with E-state index in [0.717, 1.165) is 11.3 Å². The van der Waals surface area contributed by atoms with Gasteiger partial charge in [-0.1, -0.05) is 30.3 Å². The van der Waals surface area contributed by atoms with Gasteiger partial charge in [0.05, 0.1) is 29.8 Å². The number of hydrogen-bond acceptors (Lipinski definition) is 7. The average molecular weight is 488 g/mol. The molecule has 11 heteroatoms. The highest BCUT2D eigenvalue weighted by molar-refractivity contribution is 7.89. The summed E-state index contributed by atoms with van der Waals surface area (Å²) >= 11 is 0. The number of oxazole rings is 1. The van der Waals surface area contributed by atoms with Gasteiger partial charge in [0.2, 0.25) is 10.0 Å². The number of nitrogens with zero attached hydrogens (tertiary/aromatic N) is 2. The normalized spacial score (nSPS) is 13.2. The Balaban J connectivity index is 0.00000103. The lowest BCUT2D eigenvalue weighted by molar-refractivity contribution is -0.122. The fraction of sp³-hybridized carbons (Fsp3) is 0.261. The first-order valence-corrected chi connectivity index (χ1v) is 11.8. The van der Waals surface area contributed by atoms with Crippen LogP contribution < -0.4 is 10.1 Å². The topological polar surface area (TPSA) is 139 Å². The lowest BCUT2D eigenvalue weighted by Gasteiger charge is -2.25. The Bertz CT molecular complexity index is 1260. The zero-order valence-electron chi connectivity index (χ0n) is 18.7. The van der Waals surface area contributed by atoms with E-state index in [9.17, 15) is 13.2 Å². The summed E-state index contributed by atoms with van der Waals surface area (Å²) in [5.41, 5.74) is 1.86. The average Bonchev–Trinajstić information content (AvgIpc) is 3.25. The van der Waals surface area contributed by atoms with Gasteiger partial charge in [0, 0.05) is 26.4 Å². The molecule has 2 heterocycles. The highest BCUT2D eigenvalue weighted by Gasteiger charge is 2.32. The fourth-order valence-electron chi connectivity index (χ4n) is 3.59. The Morgan fingerprint density at radius 2 is 1.97 bits per heavy atom. The molecule has 3 aromatic rings. The minimum absolute atomic E-state index is 0.0309. The number of ether oxygens (including phenoxy) is 1. The number of nitrogens with one attached hydrogen (secondary N) is 1. The number of carbonyl (C=O) groups excluding carboxylic acids is 1. The highest BCUT2D eigenvalue weighted by Crippen LogP contribution is 2.29. The monoisotopic (exact) mass is 487 g/mol. The predicted octanol–water partition coefficient (Wildman–Crippen LogP) is 2.08. The van der Waals surface area contributed by atoms with Crippen molar-refractivity contribution < 1.29 is 32.3 Å². The van der Waals surface area contributed by atoms with Crippen LogP contribution in [0, 0.1) is 0 Å². The van der Waals surface area contributed by atoms with Gasteiger partial charge in [-0.25, -0.2) is 13.4 Å². The van der Waals surface area contributed by atoms with Crippen LogP contribution in [0.3, 0.4) is 0 Å². The molecule has 2 aromatic carbocycles. The third-order valence-electron chi connectivity index (χ3n) is 5.22. The van der Waals surface area contributed by atoms with Crippen molar-refractivity contribution in [3.05, 3.63) is 77.0 Å². The van der Waals surface area contributed by atoms with Crippen molar-refractivity contribution in [1.29, 1.82) is 0 Å². The van der Waals surface area contributed by atoms with Crippen molar-refractivity contribution in [3.8, 4) is 5.75 Å². The van der Waals surface area contributed by atoms with Gasteiger partial charge < -0.3 is 19.6 Å². The van der Waals surface area contributed by atoms with Gasteiger partial charge in [0.15, 0.2) is 5.89 Å². The van der Waals surface area contributed by atoms with Gasteiger partial charge in [0.1, 0.15) is 11.5 Å². The van der Waals surface area contributed by atoms with Crippen molar-refractivity contribution >= 4 is 22.4 Å². The van der Waals surface area contributed by atoms with Crippen molar-refractivity contribution in [2.24, 2.45) is 0 Å². The number of sulfonamides is 1. The first-order valence-electron chi connectivity index (χ1n) is 10.3. The van der Waals surface area contributed by atoms with Crippen LogP contribution in [-0.4, -0.2) is 55.9 Å². The van der Waals surface area contributed by atoms with E-state index in [0.29, 0.717) is 30.2 Å². The smallest absolute Gasteiger partial charge is 0.290 e. The molecule has 1 amide bonds. The summed E-state index contributed by atoms with van der Waals surface area (Å²) in [4.78, 5) is 25.1. The van der Waals surface area contributed by atoms with E-state index >= 15 is 0 Å². The Kier molecular flexibility index (Phi) is 8.03. The van der Waals surface area contributed by atoms with E-state index in [4.69, 9.17) is 19.1 Å². The standard InChI is InChI=1S/C22H23N3O5S.CH2O2/c1-23-22(26)17-13-16(8-9-19(17)29-2)31(27,28)25-11-10-20-18(14-25)24-21(30-20)12-15-6-4-3-5-7-15;2-1-3/h3-9,13H,10-12,14H2,1-2H3,(H,23,26);1H,(H,2,3). The number of carboxylic acid groups (broad SMARTS) is 1. The first kappa shape index (κ1) is 24.9. The van der Waals surface area contributed by atoms with Crippen LogP contribution in [0.25, 0.3) is 0 Å². The maximum atomic E-state index is 13.3. The molecule has 0 saturated carbocycles. The van der Waals surface area contributed by atoms with Crippen molar-refractivity contribution in [2.75, 3.05) is 20.7 Å². The van der Waals surface area contributed by atoms with Crippen LogP contribution in [0.4, 0.5) is 0 Å². The molecule has 1 aliphatic rings. The summed E-state index contributed by atoms with van der Waals surface area (Å²) < 4.78 is 38.9. The second kappa shape index (κ2) is 10.9. The number of methoxy groups -OCH3 is 1. The number of aromatic nitrogens is 1. The molecule has 2 N–H and O–H groups in total. The summed E-state index contributed by atoms with van der Waals surface area (Å²) in [6, 6.07) is 14.1. The fourth-order valence-corrected chi connectivity index (χ4v) is 5.02. The molecule has 10 nitrogen and oxygen atoms in total. The highest BCUT2D eigenvalue weighted by atomic mass is 32.2. The molecule has 180 valence electrons. The summed E-state index contributed by atoms with van der Waals surface area (Å²) in [5, 5.41) is 9.39. The molecular formula is C23H25N3O7S. The second-order valence-corrected chi connectivity index (χ2v) is 9.21. The zero-order valence-corrected chi connectivity index (χ0v) is 19.5. The molecule has 0 radical (unpaired) electrons. The Morgan fingerprint density at radius 1 is 1.26 bits per heavy atom. The van der Waals surface area contributed by atoms with Crippen LogP contribution in [0.1, 0.15) is 33.3 Å². The molecule has 0 fully saturated rings. The van der Waals surface area contributed by atoms with Crippen LogP contribution in [0.5, 0.6) is 5.75 Å². The Morgan fingerprint density at radius 3 is 2.62 bits per heavy atom. The Labute approximate surface area is 197 Å². The van der Waals surface area contributed by atoms with Gasteiger partial charge >= 0.3 is 0 Å². The van der Waals surface area contributed by atoms with Crippen LogP contribution >= 0.6 is 0 Å². The number of hydrogen-bond donors (Lipinski definition) is 2. The molecule has 0 aliphatic carbocycles. The molecule has 0 bridgehead atoms. The summed E-state index contributed by atoms with van der Waals surface area (Å²) in [5.74, 6) is 1.18. The molecule has 34 heavy (non-hydrogen) atoms. The zero-order chi connectivity index (χ0) is 24.7.